The van der Waals surface area contributed by atoms with E-state index in [2.05, 4.69) is 0 Å². The second kappa shape index (κ2) is 5.58. The third-order valence-corrected chi connectivity index (χ3v) is 3.39. The van der Waals surface area contributed by atoms with E-state index in [1.807, 2.05) is 17.5 Å². The maximum atomic E-state index is 11.9. The van der Waals surface area contributed by atoms with E-state index >= 15 is 0 Å². The Hall–Kier alpha value is -2.60. The average molecular weight is 290 g/mol. The lowest BCUT2D eigenvalue weighted by Gasteiger charge is -2.05. The lowest BCUT2D eigenvalue weighted by molar-refractivity contribution is 0.0693. The van der Waals surface area contributed by atoms with Gasteiger partial charge in [0.25, 0.3) is 0 Å². The van der Waals surface area contributed by atoms with Crippen molar-refractivity contribution in [1.82, 2.24) is 0 Å². The summed E-state index contributed by atoms with van der Waals surface area (Å²) < 4.78 is 0. The number of aromatic carboxylic acids is 1. The van der Waals surface area contributed by atoms with Gasteiger partial charge in [-0.25, -0.2) is 4.79 Å². The standard InChI is InChI=1S/C14H10O5S/c15-11(4-3-8-2-1-5-20-8)9-6-10(14(18)19)13(17)7-12(9)16/h1-7,16-17H,(H,18,19). The summed E-state index contributed by atoms with van der Waals surface area (Å²) in [6.45, 7) is 0. The van der Waals surface area contributed by atoms with Gasteiger partial charge in [-0.3, -0.25) is 4.79 Å². The number of benzene rings is 1. The summed E-state index contributed by atoms with van der Waals surface area (Å²) in [4.78, 5) is 23.7. The number of aromatic hydroxyl groups is 2. The molecule has 0 fully saturated rings. The number of ketones is 1. The van der Waals surface area contributed by atoms with Gasteiger partial charge in [-0.1, -0.05) is 6.07 Å². The maximum Gasteiger partial charge on any atom is 0.339 e. The van der Waals surface area contributed by atoms with E-state index in [1.165, 1.54) is 17.4 Å². The third kappa shape index (κ3) is 2.86. The van der Waals surface area contributed by atoms with Gasteiger partial charge in [-0.05, 0) is 29.7 Å². The van der Waals surface area contributed by atoms with Gasteiger partial charge in [0.05, 0.1) is 5.56 Å². The van der Waals surface area contributed by atoms with Crippen molar-refractivity contribution in [3.63, 3.8) is 0 Å². The van der Waals surface area contributed by atoms with Crippen LogP contribution in [0.4, 0.5) is 0 Å². The fraction of sp³-hybridized carbons (Fsp3) is 0. The number of rotatable bonds is 4. The molecule has 0 aliphatic rings. The van der Waals surface area contributed by atoms with Crippen LogP contribution in [0.2, 0.25) is 0 Å². The molecule has 0 unspecified atom stereocenters. The Morgan fingerprint density at radius 2 is 1.80 bits per heavy atom. The fourth-order valence-corrected chi connectivity index (χ4v) is 2.20. The lowest BCUT2D eigenvalue weighted by Crippen LogP contribution is -2.02. The van der Waals surface area contributed by atoms with Gasteiger partial charge < -0.3 is 15.3 Å². The number of carboxylic acid groups (broad SMARTS) is 1. The molecule has 0 radical (unpaired) electrons. The van der Waals surface area contributed by atoms with Crippen LogP contribution >= 0.6 is 11.3 Å². The monoisotopic (exact) mass is 290 g/mol. The Balaban J connectivity index is 2.34. The minimum atomic E-state index is -1.38. The van der Waals surface area contributed by atoms with E-state index in [0.29, 0.717) is 0 Å². The fourth-order valence-electron chi connectivity index (χ4n) is 1.58. The molecule has 6 heteroatoms. The predicted molar refractivity (Wildman–Crippen MR) is 74.4 cm³/mol. The number of carbonyl (C=O) groups is 2. The molecule has 0 aliphatic heterocycles. The molecule has 0 saturated carbocycles. The van der Waals surface area contributed by atoms with Crippen LogP contribution in [0.25, 0.3) is 6.08 Å². The van der Waals surface area contributed by atoms with Crippen molar-refractivity contribution in [1.29, 1.82) is 0 Å². The molecule has 5 nitrogen and oxygen atoms in total. The van der Waals surface area contributed by atoms with Crippen LogP contribution in [0, 0.1) is 0 Å². The number of carboxylic acids is 1. The van der Waals surface area contributed by atoms with Crippen molar-refractivity contribution < 1.29 is 24.9 Å². The largest absolute Gasteiger partial charge is 0.507 e. The SMILES string of the molecule is O=C(O)c1cc(C(=O)C=Cc2cccs2)c(O)cc1O. The Bertz CT molecular complexity index is 686. The highest BCUT2D eigenvalue weighted by Gasteiger charge is 2.17. The van der Waals surface area contributed by atoms with E-state index < -0.39 is 28.8 Å². The van der Waals surface area contributed by atoms with E-state index in [-0.39, 0.29) is 5.56 Å². The molecule has 0 spiro atoms. The third-order valence-electron chi connectivity index (χ3n) is 2.55. The first-order valence-corrected chi connectivity index (χ1v) is 6.42. The summed E-state index contributed by atoms with van der Waals surface area (Å²) in [6.07, 6.45) is 2.81. The smallest absolute Gasteiger partial charge is 0.339 e. The van der Waals surface area contributed by atoms with Crippen molar-refractivity contribution in [2.24, 2.45) is 0 Å². The first-order valence-electron chi connectivity index (χ1n) is 5.54. The molecule has 2 aromatic rings. The molecular formula is C14H10O5S. The van der Waals surface area contributed by atoms with Gasteiger partial charge >= 0.3 is 5.97 Å². The number of phenolic OH excluding ortho intramolecular Hbond substituents is 1. The van der Waals surface area contributed by atoms with Crippen LogP contribution in [0.3, 0.4) is 0 Å². The van der Waals surface area contributed by atoms with E-state index in [0.717, 1.165) is 17.0 Å². The van der Waals surface area contributed by atoms with Crippen molar-refractivity contribution in [2.75, 3.05) is 0 Å². The van der Waals surface area contributed by atoms with Crippen molar-refractivity contribution in [3.8, 4) is 11.5 Å². The van der Waals surface area contributed by atoms with Crippen LogP contribution in [0.15, 0.2) is 35.7 Å². The number of hydrogen-bond acceptors (Lipinski definition) is 5. The number of carbonyl (C=O) groups excluding carboxylic acids is 1. The zero-order chi connectivity index (χ0) is 14.7. The van der Waals surface area contributed by atoms with Gasteiger partial charge in [0.2, 0.25) is 0 Å². The van der Waals surface area contributed by atoms with Gasteiger partial charge in [-0.15, -0.1) is 11.3 Å². The molecule has 3 N–H and O–H groups in total. The maximum absolute atomic E-state index is 11.9. The number of thiophene rings is 1. The summed E-state index contributed by atoms with van der Waals surface area (Å²) in [5.41, 5.74) is -0.608. The Kier molecular flexibility index (Phi) is 3.86. The molecule has 0 atom stereocenters. The molecule has 0 bridgehead atoms. The van der Waals surface area contributed by atoms with Crippen molar-refractivity contribution in [2.45, 2.75) is 0 Å². The minimum Gasteiger partial charge on any atom is -0.507 e. The number of allylic oxidation sites excluding steroid dienone is 1. The Labute approximate surface area is 118 Å². The molecule has 2 rings (SSSR count). The molecule has 0 aliphatic carbocycles. The van der Waals surface area contributed by atoms with Gasteiger partial charge in [-0.2, -0.15) is 0 Å². The molecule has 1 aromatic carbocycles. The van der Waals surface area contributed by atoms with Crippen molar-refractivity contribution in [3.05, 3.63) is 51.7 Å². The average Bonchev–Trinajstić information content (AvgIpc) is 2.88. The molecule has 102 valence electrons. The summed E-state index contributed by atoms with van der Waals surface area (Å²) in [7, 11) is 0. The van der Waals surface area contributed by atoms with Crippen LogP contribution in [0.5, 0.6) is 11.5 Å². The second-order valence-electron chi connectivity index (χ2n) is 3.90. The summed E-state index contributed by atoms with van der Waals surface area (Å²) in [5, 5.41) is 29.7. The number of hydrogen-bond donors (Lipinski definition) is 3. The van der Waals surface area contributed by atoms with E-state index in [1.54, 1.807) is 6.08 Å². The molecule has 20 heavy (non-hydrogen) atoms. The van der Waals surface area contributed by atoms with Crippen molar-refractivity contribution >= 4 is 29.2 Å². The predicted octanol–water partition coefficient (Wildman–Crippen LogP) is 2.75. The first kappa shape index (κ1) is 13.8. The Morgan fingerprint density at radius 3 is 2.40 bits per heavy atom. The minimum absolute atomic E-state index is 0.173. The van der Waals surface area contributed by atoms with Crippen LogP contribution in [-0.2, 0) is 0 Å². The lowest BCUT2D eigenvalue weighted by atomic mass is 10.0. The summed E-state index contributed by atoms with van der Waals surface area (Å²) in [5.74, 6) is -2.97. The van der Waals surface area contributed by atoms with Crippen LogP contribution < -0.4 is 0 Å². The highest BCUT2D eigenvalue weighted by Crippen LogP contribution is 2.28. The topological polar surface area (TPSA) is 94.8 Å². The number of phenols is 2. The second-order valence-corrected chi connectivity index (χ2v) is 4.88. The summed E-state index contributed by atoms with van der Waals surface area (Å²) >= 11 is 1.44. The van der Waals surface area contributed by atoms with Crippen LogP contribution in [-0.4, -0.2) is 27.1 Å². The van der Waals surface area contributed by atoms with Gasteiger partial charge in [0.15, 0.2) is 5.78 Å². The highest BCUT2D eigenvalue weighted by molar-refractivity contribution is 7.10. The first-order chi connectivity index (χ1) is 9.49. The normalized spacial score (nSPS) is 10.8. The summed E-state index contributed by atoms with van der Waals surface area (Å²) in [6, 6.07) is 5.44. The molecular weight excluding hydrogens is 280 g/mol. The van der Waals surface area contributed by atoms with E-state index in [9.17, 15) is 19.8 Å². The Morgan fingerprint density at radius 1 is 1.10 bits per heavy atom. The molecule has 1 aromatic heterocycles. The van der Waals surface area contributed by atoms with Crippen LogP contribution in [0.1, 0.15) is 25.6 Å². The zero-order valence-corrected chi connectivity index (χ0v) is 10.9. The molecule has 1 heterocycles. The quantitative estimate of drug-likeness (QED) is 0.594. The zero-order valence-electron chi connectivity index (χ0n) is 10.1. The van der Waals surface area contributed by atoms with Gasteiger partial charge in [0, 0.05) is 10.9 Å². The molecule has 0 saturated heterocycles. The van der Waals surface area contributed by atoms with E-state index in [4.69, 9.17) is 5.11 Å². The molecule has 0 amide bonds. The van der Waals surface area contributed by atoms with Gasteiger partial charge in [0.1, 0.15) is 17.1 Å². The highest BCUT2D eigenvalue weighted by atomic mass is 32.1.